The molecule has 0 aromatic heterocycles. The molecule has 0 amide bonds. The molecule has 1 N–H and O–H groups in total. The zero-order valence-corrected chi connectivity index (χ0v) is 11.6. The van der Waals surface area contributed by atoms with E-state index in [1.165, 1.54) is 0 Å². The van der Waals surface area contributed by atoms with Crippen molar-refractivity contribution in [1.82, 2.24) is 0 Å². The van der Waals surface area contributed by atoms with E-state index in [2.05, 4.69) is 6.07 Å². The minimum absolute atomic E-state index is 0.312. The van der Waals surface area contributed by atoms with Gasteiger partial charge in [0.15, 0.2) is 0 Å². The van der Waals surface area contributed by atoms with Crippen molar-refractivity contribution < 1.29 is 9.84 Å². The molecule has 2 aromatic carbocycles. The van der Waals surface area contributed by atoms with Gasteiger partial charge >= 0.3 is 0 Å². The van der Waals surface area contributed by atoms with E-state index in [0.717, 1.165) is 16.7 Å². The summed E-state index contributed by atoms with van der Waals surface area (Å²) in [6.45, 7) is 4.00. The summed E-state index contributed by atoms with van der Waals surface area (Å²) in [7, 11) is 0. The number of benzene rings is 2. The SMILES string of the molecule is Cc1ccc(C(C)O)c(OCc2ccccc2C#N)c1. The molecule has 0 saturated heterocycles. The van der Waals surface area contributed by atoms with Crippen molar-refractivity contribution >= 4 is 0 Å². The lowest BCUT2D eigenvalue weighted by Crippen LogP contribution is -2.02. The predicted molar refractivity (Wildman–Crippen MR) is 77.3 cm³/mol. The first kappa shape index (κ1) is 14.1. The lowest BCUT2D eigenvalue weighted by molar-refractivity contribution is 0.190. The molecule has 0 saturated carbocycles. The lowest BCUT2D eigenvalue weighted by atomic mass is 10.1. The zero-order chi connectivity index (χ0) is 14.5. The minimum Gasteiger partial charge on any atom is -0.488 e. The van der Waals surface area contributed by atoms with Crippen molar-refractivity contribution in [3.8, 4) is 11.8 Å². The summed E-state index contributed by atoms with van der Waals surface area (Å²) in [4.78, 5) is 0. The van der Waals surface area contributed by atoms with Crippen LogP contribution in [0.3, 0.4) is 0 Å². The minimum atomic E-state index is -0.586. The molecule has 0 aliphatic carbocycles. The quantitative estimate of drug-likeness (QED) is 0.922. The summed E-state index contributed by atoms with van der Waals surface area (Å²) >= 11 is 0. The second-order valence-electron chi connectivity index (χ2n) is 4.77. The number of hydrogen-bond acceptors (Lipinski definition) is 3. The third-order valence-electron chi connectivity index (χ3n) is 3.14. The Morgan fingerprint density at radius 1 is 1.25 bits per heavy atom. The first-order valence-electron chi connectivity index (χ1n) is 6.51. The molecule has 0 heterocycles. The number of ether oxygens (including phenoxy) is 1. The molecule has 102 valence electrons. The Hall–Kier alpha value is -2.31. The van der Waals surface area contributed by atoms with E-state index >= 15 is 0 Å². The van der Waals surface area contributed by atoms with Gasteiger partial charge in [0.2, 0.25) is 0 Å². The van der Waals surface area contributed by atoms with Crippen LogP contribution in [0.2, 0.25) is 0 Å². The second-order valence-corrected chi connectivity index (χ2v) is 4.77. The summed E-state index contributed by atoms with van der Waals surface area (Å²) in [6.07, 6.45) is -0.586. The van der Waals surface area contributed by atoms with E-state index in [-0.39, 0.29) is 0 Å². The molecule has 2 rings (SSSR count). The monoisotopic (exact) mass is 267 g/mol. The standard InChI is InChI=1S/C17H17NO2/c1-12-7-8-16(13(2)19)17(9-12)20-11-15-6-4-3-5-14(15)10-18/h3-9,13,19H,11H2,1-2H3. The molecule has 0 bridgehead atoms. The topological polar surface area (TPSA) is 53.2 Å². The Morgan fingerprint density at radius 2 is 2.00 bits per heavy atom. The molecule has 2 aromatic rings. The van der Waals surface area contributed by atoms with Crippen molar-refractivity contribution in [2.24, 2.45) is 0 Å². The van der Waals surface area contributed by atoms with Crippen LogP contribution in [-0.2, 0) is 6.61 Å². The molecule has 0 aliphatic heterocycles. The van der Waals surface area contributed by atoms with Crippen LogP contribution in [0.1, 0.15) is 35.3 Å². The molecule has 20 heavy (non-hydrogen) atoms. The molecule has 0 aliphatic rings. The first-order valence-corrected chi connectivity index (χ1v) is 6.51. The number of aliphatic hydroxyl groups excluding tert-OH is 1. The van der Waals surface area contributed by atoms with Crippen molar-refractivity contribution in [2.45, 2.75) is 26.6 Å². The Bertz CT molecular complexity index is 642. The van der Waals surface area contributed by atoms with Gasteiger partial charge in [-0.3, -0.25) is 0 Å². The molecule has 3 nitrogen and oxygen atoms in total. The first-order chi connectivity index (χ1) is 9.61. The highest BCUT2D eigenvalue weighted by atomic mass is 16.5. The summed E-state index contributed by atoms with van der Waals surface area (Å²) < 4.78 is 5.80. The zero-order valence-electron chi connectivity index (χ0n) is 11.6. The molecule has 1 atom stereocenters. The normalized spacial score (nSPS) is 11.7. The molecular formula is C17H17NO2. The van der Waals surface area contributed by atoms with Crippen molar-refractivity contribution in [2.75, 3.05) is 0 Å². The summed E-state index contributed by atoms with van der Waals surface area (Å²) in [5, 5.41) is 18.8. The third kappa shape index (κ3) is 3.17. The van der Waals surface area contributed by atoms with Crippen LogP contribution < -0.4 is 4.74 Å². The van der Waals surface area contributed by atoms with Gasteiger partial charge < -0.3 is 9.84 Å². The fraction of sp³-hybridized carbons (Fsp3) is 0.235. The lowest BCUT2D eigenvalue weighted by Gasteiger charge is -2.14. The van der Waals surface area contributed by atoms with Crippen molar-refractivity contribution in [3.63, 3.8) is 0 Å². The van der Waals surface area contributed by atoms with Gasteiger partial charge in [-0.15, -0.1) is 0 Å². The van der Waals surface area contributed by atoms with Gasteiger partial charge in [-0.05, 0) is 31.5 Å². The van der Waals surface area contributed by atoms with E-state index in [9.17, 15) is 5.11 Å². The molecule has 1 unspecified atom stereocenters. The van der Waals surface area contributed by atoms with Crippen LogP contribution in [0.4, 0.5) is 0 Å². The summed E-state index contributed by atoms with van der Waals surface area (Å²) in [6, 6.07) is 15.2. The number of nitriles is 1. The van der Waals surface area contributed by atoms with Crippen LogP contribution >= 0.6 is 0 Å². The maximum absolute atomic E-state index is 9.76. The number of rotatable bonds is 4. The molecule has 0 fully saturated rings. The highest BCUT2D eigenvalue weighted by Crippen LogP contribution is 2.27. The Morgan fingerprint density at radius 3 is 2.70 bits per heavy atom. The van der Waals surface area contributed by atoms with Gasteiger partial charge in [0.25, 0.3) is 0 Å². The van der Waals surface area contributed by atoms with E-state index in [0.29, 0.717) is 17.9 Å². The number of hydrogen-bond donors (Lipinski definition) is 1. The van der Waals surface area contributed by atoms with Gasteiger partial charge in [-0.1, -0.05) is 30.3 Å². The number of aryl methyl sites for hydroxylation is 1. The van der Waals surface area contributed by atoms with Gasteiger partial charge in [0, 0.05) is 11.1 Å². The smallest absolute Gasteiger partial charge is 0.125 e. The average molecular weight is 267 g/mol. The van der Waals surface area contributed by atoms with Gasteiger partial charge in [-0.2, -0.15) is 5.26 Å². The summed E-state index contributed by atoms with van der Waals surface area (Å²) in [5.41, 5.74) is 3.27. The van der Waals surface area contributed by atoms with E-state index < -0.39 is 6.10 Å². The van der Waals surface area contributed by atoms with E-state index in [1.54, 1.807) is 13.0 Å². The fourth-order valence-corrected chi connectivity index (χ4v) is 2.02. The van der Waals surface area contributed by atoms with Crippen LogP contribution in [-0.4, -0.2) is 5.11 Å². The largest absolute Gasteiger partial charge is 0.488 e. The van der Waals surface area contributed by atoms with E-state index in [1.807, 2.05) is 43.3 Å². The van der Waals surface area contributed by atoms with Crippen LogP contribution in [0, 0.1) is 18.3 Å². The van der Waals surface area contributed by atoms with Gasteiger partial charge in [0.1, 0.15) is 12.4 Å². The third-order valence-corrected chi connectivity index (χ3v) is 3.14. The summed E-state index contributed by atoms with van der Waals surface area (Å²) in [5.74, 6) is 0.660. The van der Waals surface area contributed by atoms with Crippen LogP contribution in [0.25, 0.3) is 0 Å². The van der Waals surface area contributed by atoms with Crippen LogP contribution in [0.15, 0.2) is 42.5 Å². The molecule has 0 spiro atoms. The number of aliphatic hydroxyl groups is 1. The average Bonchev–Trinajstić information content (AvgIpc) is 2.45. The van der Waals surface area contributed by atoms with Gasteiger partial charge in [-0.25, -0.2) is 0 Å². The molecular weight excluding hydrogens is 250 g/mol. The maximum Gasteiger partial charge on any atom is 0.125 e. The fourth-order valence-electron chi connectivity index (χ4n) is 2.02. The van der Waals surface area contributed by atoms with Crippen molar-refractivity contribution in [3.05, 3.63) is 64.7 Å². The highest BCUT2D eigenvalue weighted by Gasteiger charge is 2.10. The molecule has 0 radical (unpaired) electrons. The Balaban J connectivity index is 2.23. The van der Waals surface area contributed by atoms with Crippen molar-refractivity contribution in [1.29, 1.82) is 5.26 Å². The predicted octanol–water partition coefficient (Wildman–Crippen LogP) is 3.50. The highest BCUT2D eigenvalue weighted by molar-refractivity contribution is 5.40. The Labute approximate surface area is 119 Å². The van der Waals surface area contributed by atoms with E-state index in [4.69, 9.17) is 10.00 Å². The van der Waals surface area contributed by atoms with Gasteiger partial charge in [0.05, 0.1) is 17.7 Å². The number of nitrogens with zero attached hydrogens (tertiary/aromatic N) is 1. The second kappa shape index (κ2) is 6.23. The molecule has 3 heteroatoms. The Kier molecular flexibility index (Phi) is 4.39. The van der Waals surface area contributed by atoms with Crippen LogP contribution in [0.5, 0.6) is 5.75 Å². The maximum atomic E-state index is 9.76.